The zero-order valence-electron chi connectivity index (χ0n) is 11.5. The van der Waals surface area contributed by atoms with Gasteiger partial charge in [-0.3, -0.25) is 4.79 Å². The number of aliphatic hydroxyl groups excluding tert-OH is 1. The molecule has 1 amide bonds. The predicted octanol–water partition coefficient (Wildman–Crippen LogP) is 0.337. The molecule has 5 nitrogen and oxygen atoms in total. The van der Waals surface area contributed by atoms with Crippen LogP contribution < -0.4 is 5.32 Å². The van der Waals surface area contributed by atoms with Crippen LogP contribution >= 0.6 is 0 Å². The maximum atomic E-state index is 12.3. The van der Waals surface area contributed by atoms with E-state index in [-0.39, 0.29) is 30.1 Å². The van der Waals surface area contributed by atoms with Crippen molar-refractivity contribution in [3.63, 3.8) is 0 Å². The van der Waals surface area contributed by atoms with Crippen LogP contribution in [0.4, 0.5) is 0 Å². The van der Waals surface area contributed by atoms with Crippen LogP contribution in [0.2, 0.25) is 0 Å². The number of sulfone groups is 1. The van der Waals surface area contributed by atoms with Gasteiger partial charge in [-0.15, -0.1) is 0 Å². The Morgan fingerprint density at radius 2 is 2.14 bits per heavy atom. The number of aliphatic hydroxyl groups is 1. The van der Waals surface area contributed by atoms with Gasteiger partial charge >= 0.3 is 0 Å². The lowest BCUT2D eigenvalue weighted by Crippen LogP contribution is -2.43. The van der Waals surface area contributed by atoms with E-state index in [1.54, 1.807) is 24.3 Å². The van der Waals surface area contributed by atoms with Gasteiger partial charge in [-0.25, -0.2) is 8.42 Å². The average molecular weight is 307 g/mol. The van der Waals surface area contributed by atoms with Gasteiger partial charge in [-0.1, -0.05) is 24.0 Å². The molecule has 0 saturated carbocycles. The second kappa shape index (κ2) is 6.74. The minimum atomic E-state index is -3.06. The maximum Gasteiger partial charge on any atom is 0.252 e. The summed E-state index contributed by atoms with van der Waals surface area (Å²) in [5.41, 5.74) is 0.907. The molecule has 0 spiro atoms. The van der Waals surface area contributed by atoms with Gasteiger partial charge in [0.15, 0.2) is 9.84 Å². The summed E-state index contributed by atoms with van der Waals surface area (Å²) >= 11 is 0. The van der Waals surface area contributed by atoms with Gasteiger partial charge in [0.25, 0.3) is 5.91 Å². The zero-order valence-corrected chi connectivity index (χ0v) is 12.3. The number of carbonyl (C=O) groups excluding carboxylic acids is 1. The normalized spacial score (nSPS) is 20.1. The molecule has 0 bridgehead atoms. The molecule has 1 atom stereocenters. The molecule has 1 aliphatic rings. The van der Waals surface area contributed by atoms with Gasteiger partial charge < -0.3 is 10.4 Å². The van der Waals surface area contributed by atoms with Gasteiger partial charge in [0, 0.05) is 11.6 Å². The average Bonchev–Trinajstić information content (AvgIpc) is 2.44. The monoisotopic (exact) mass is 307 g/mol. The van der Waals surface area contributed by atoms with Crippen molar-refractivity contribution in [1.29, 1.82) is 0 Å². The Hall–Kier alpha value is -1.84. The van der Waals surface area contributed by atoms with Crippen molar-refractivity contribution in [2.45, 2.75) is 18.9 Å². The number of hydrogen-bond acceptors (Lipinski definition) is 4. The van der Waals surface area contributed by atoms with Crippen molar-refractivity contribution in [3.05, 3.63) is 35.4 Å². The summed E-state index contributed by atoms with van der Waals surface area (Å²) in [7, 11) is -3.06. The smallest absolute Gasteiger partial charge is 0.252 e. The Kier molecular flexibility index (Phi) is 4.99. The molecule has 1 fully saturated rings. The topological polar surface area (TPSA) is 83.5 Å². The SMILES string of the molecule is O=C(NC1CCCS(=O)(=O)C1)c1ccccc1C#CCO. The molecule has 1 heterocycles. The van der Waals surface area contributed by atoms with E-state index in [9.17, 15) is 13.2 Å². The Morgan fingerprint density at radius 3 is 2.86 bits per heavy atom. The molecule has 2 N–H and O–H groups in total. The summed E-state index contributed by atoms with van der Waals surface area (Å²) in [6.45, 7) is -0.281. The number of benzene rings is 1. The summed E-state index contributed by atoms with van der Waals surface area (Å²) in [5, 5.41) is 11.5. The van der Waals surface area contributed by atoms with Gasteiger partial charge in [0.1, 0.15) is 6.61 Å². The van der Waals surface area contributed by atoms with E-state index in [0.717, 1.165) is 0 Å². The molecule has 0 aromatic heterocycles. The molecular weight excluding hydrogens is 290 g/mol. The van der Waals surface area contributed by atoms with Crippen molar-refractivity contribution in [1.82, 2.24) is 5.32 Å². The second-order valence-electron chi connectivity index (χ2n) is 4.93. The first-order chi connectivity index (χ1) is 10.0. The second-order valence-corrected chi connectivity index (χ2v) is 7.16. The first-order valence-electron chi connectivity index (χ1n) is 6.72. The third-order valence-corrected chi connectivity index (χ3v) is 5.09. The molecular formula is C15H17NO4S. The van der Waals surface area contributed by atoms with E-state index in [1.165, 1.54) is 0 Å². The first kappa shape index (κ1) is 15.5. The summed E-state index contributed by atoms with van der Waals surface area (Å²) in [4.78, 5) is 12.3. The van der Waals surface area contributed by atoms with Gasteiger partial charge in [-0.05, 0) is 25.0 Å². The van der Waals surface area contributed by atoms with Crippen LogP contribution in [-0.2, 0) is 9.84 Å². The molecule has 1 aromatic carbocycles. The number of amides is 1. The Labute approximate surface area is 124 Å². The lowest BCUT2D eigenvalue weighted by atomic mass is 10.1. The fourth-order valence-electron chi connectivity index (χ4n) is 2.32. The number of carbonyl (C=O) groups is 1. The lowest BCUT2D eigenvalue weighted by molar-refractivity contribution is 0.0938. The maximum absolute atomic E-state index is 12.3. The minimum absolute atomic E-state index is 0.0107. The summed E-state index contributed by atoms with van der Waals surface area (Å²) in [6, 6.07) is 6.44. The molecule has 1 unspecified atom stereocenters. The van der Waals surface area contributed by atoms with Crippen LogP contribution in [0.15, 0.2) is 24.3 Å². The van der Waals surface area contributed by atoms with E-state index in [1.807, 2.05) is 0 Å². The highest BCUT2D eigenvalue weighted by Gasteiger charge is 2.26. The van der Waals surface area contributed by atoms with Crippen LogP contribution in [0.5, 0.6) is 0 Å². The zero-order chi connectivity index (χ0) is 15.3. The minimum Gasteiger partial charge on any atom is -0.384 e. The Balaban J connectivity index is 2.14. The molecule has 1 saturated heterocycles. The number of rotatable bonds is 2. The molecule has 6 heteroatoms. The summed E-state index contributed by atoms with van der Waals surface area (Å²) < 4.78 is 23.2. The van der Waals surface area contributed by atoms with E-state index in [0.29, 0.717) is 24.0 Å². The quantitative estimate of drug-likeness (QED) is 0.772. The largest absolute Gasteiger partial charge is 0.384 e. The van der Waals surface area contributed by atoms with Crippen molar-refractivity contribution in [2.24, 2.45) is 0 Å². The van der Waals surface area contributed by atoms with E-state index in [2.05, 4.69) is 17.2 Å². The highest BCUT2D eigenvalue weighted by atomic mass is 32.2. The van der Waals surface area contributed by atoms with Gasteiger partial charge in [0.2, 0.25) is 0 Å². The van der Waals surface area contributed by atoms with E-state index < -0.39 is 9.84 Å². The highest BCUT2D eigenvalue weighted by molar-refractivity contribution is 7.91. The summed E-state index contributed by atoms with van der Waals surface area (Å²) in [5.74, 6) is 5.07. The lowest BCUT2D eigenvalue weighted by Gasteiger charge is -2.23. The third kappa shape index (κ3) is 4.31. The molecule has 112 valence electrons. The molecule has 0 radical (unpaired) electrons. The van der Waals surface area contributed by atoms with Crippen LogP contribution in [0.3, 0.4) is 0 Å². The van der Waals surface area contributed by atoms with Crippen LogP contribution in [-0.4, -0.2) is 43.6 Å². The van der Waals surface area contributed by atoms with Crippen molar-refractivity contribution < 1.29 is 18.3 Å². The van der Waals surface area contributed by atoms with Crippen molar-refractivity contribution in [3.8, 4) is 11.8 Å². The molecule has 1 aliphatic heterocycles. The Bertz CT molecular complexity index is 685. The predicted molar refractivity (Wildman–Crippen MR) is 79.5 cm³/mol. The van der Waals surface area contributed by atoms with E-state index in [4.69, 9.17) is 5.11 Å². The van der Waals surface area contributed by atoms with Crippen LogP contribution in [0.25, 0.3) is 0 Å². The van der Waals surface area contributed by atoms with Crippen LogP contribution in [0.1, 0.15) is 28.8 Å². The number of nitrogens with one attached hydrogen (secondary N) is 1. The summed E-state index contributed by atoms with van der Waals surface area (Å²) in [6.07, 6.45) is 1.23. The first-order valence-corrected chi connectivity index (χ1v) is 8.54. The van der Waals surface area contributed by atoms with Crippen molar-refractivity contribution >= 4 is 15.7 Å². The third-order valence-electron chi connectivity index (χ3n) is 3.27. The molecule has 2 rings (SSSR count). The highest BCUT2D eigenvalue weighted by Crippen LogP contribution is 2.14. The van der Waals surface area contributed by atoms with Gasteiger partial charge in [-0.2, -0.15) is 0 Å². The molecule has 0 aliphatic carbocycles. The molecule has 1 aromatic rings. The van der Waals surface area contributed by atoms with Gasteiger partial charge in [0.05, 0.1) is 17.1 Å². The van der Waals surface area contributed by atoms with Crippen LogP contribution in [0, 0.1) is 11.8 Å². The Morgan fingerprint density at radius 1 is 1.38 bits per heavy atom. The van der Waals surface area contributed by atoms with Crippen molar-refractivity contribution in [2.75, 3.05) is 18.1 Å². The fraction of sp³-hybridized carbons (Fsp3) is 0.400. The standard InChI is InChI=1S/C15H17NO4S/c17-9-3-6-12-5-1-2-8-14(12)15(18)16-13-7-4-10-21(19,20)11-13/h1-2,5,8,13,17H,4,7,9-11H2,(H,16,18). The number of hydrogen-bond donors (Lipinski definition) is 2. The van der Waals surface area contributed by atoms with E-state index >= 15 is 0 Å². The molecule has 21 heavy (non-hydrogen) atoms. The fourth-order valence-corrected chi connectivity index (χ4v) is 3.96.